The quantitative estimate of drug-likeness (QED) is 0.613. The summed E-state index contributed by atoms with van der Waals surface area (Å²) in [7, 11) is 1.76. The number of hydrogen-bond donors (Lipinski definition) is 2. The molecular weight excluding hydrogens is 424 g/mol. The van der Waals surface area contributed by atoms with E-state index in [1.54, 1.807) is 13.3 Å². The molecule has 1 amide bonds. The summed E-state index contributed by atoms with van der Waals surface area (Å²) in [5.41, 5.74) is 10.4. The average molecular weight is 453 g/mol. The van der Waals surface area contributed by atoms with Gasteiger partial charge in [0.25, 0.3) is 5.91 Å². The largest absolute Gasteiger partial charge is 0.396 e. The van der Waals surface area contributed by atoms with Gasteiger partial charge in [-0.05, 0) is 44.2 Å². The van der Waals surface area contributed by atoms with Gasteiger partial charge in [-0.1, -0.05) is 6.07 Å². The van der Waals surface area contributed by atoms with E-state index in [-0.39, 0.29) is 11.9 Å². The smallest absolute Gasteiger partial charge is 0.263 e. The molecule has 3 aromatic heterocycles. The van der Waals surface area contributed by atoms with Crippen LogP contribution in [0.5, 0.6) is 0 Å². The van der Waals surface area contributed by atoms with Gasteiger partial charge in [0, 0.05) is 44.0 Å². The number of methoxy groups -OCH3 is 1. The first kappa shape index (κ1) is 21.1. The summed E-state index contributed by atoms with van der Waals surface area (Å²) >= 11 is 1.30. The van der Waals surface area contributed by atoms with Gasteiger partial charge in [0.1, 0.15) is 21.0 Å². The zero-order valence-electron chi connectivity index (χ0n) is 18.4. The zero-order chi connectivity index (χ0) is 22.2. The molecule has 1 fully saturated rings. The lowest BCUT2D eigenvalue weighted by Crippen LogP contribution is -2.39. The Morgan fingerprint density at radius 3 is 3.06 bits per heavy atom. The van der Waals surface area contributed by atoms with Crippen LogP contribution in [0.2, 0.25) is 0 Å². The van der Waals surface area contributed by atoms with Crippen LogP contribution in [0.15, 0.2) is 18.3 Å². The number of amides is 1. The summed E-state index contributed by atoms with van der Waals surface area (Å²) in [4.78, 5) is 30.2. The number of ether oxygens (including phenoxy) is 1. The van der Waals surface area contributed by atoms with Gasteiger partial charge in [0.2, 0.25) is 0 Å². The van der Waals surface area contributed by atoms with Crippen LogP contribution in [0.3, 0.4) is 0 Å². The van der Waals surface area contributed by atoms with Crippen LogP contribution < -0.4 is 16.0 Å². The van der Waals surface area contributed by atoms with Crippen molar-refractivity contribution in [2.45, 2.75) is 38.6 Å². The second-order valence-electron chi connectivity index (χ2n) is 8.75. The van der Waals surface area contributed by atoms with Crippen molar-refractivity contribution in [3.05, 3.63) is 40.2 Å². The Hall–Kier alpha value is -2.78. The molecule has 9 heteroatoms. The van der Waals surface area contributed by atoms with Gasteiger partial charge in [0.15, 0.2) is 0 Å². The Labute approximate surface area is 191 Å². The highest BCUT2D eigenvalue weighted by Gasteiger charge is 2.27. The van der Waals surface area contributed by atoms with Gasteiger partial charge < -0.3 is 20.7 Å². The summed E-state index contributed by atoms with van der Waals surface area (Å²) in [6, 6.07) is 4.35. The van der Waals surface area contributed by atoms with Gasteiger partial charge in [-0.3, -0.25) is 4.79 Å². The molecule has 0 unspecified atom stereocenters. The van der Waals surface area contributed by atoms with Crippen LogP contribution in [0, 0.1) is 12.8 Å². The summed E-state index contributed by atoms with van der Waals surface area (Å²) in [6.45, 7) is 4.71. The molecule has 0 aromatic carbocycles. The van der Waals surface area contributed by atoms with E-state index in [2.05, 4.69) is 32.3 Å². The molecule has 0 saturated carbocycles. The fraction of sp³-hybridized carbons (Fsp3) is 0.478. The fourth-order valence-corrected chi connectivity index (χ4v) is 5.70. The third kappa shape index (κ3) is 4.02. The Morgan fingerprint density at radius 2 is 2.22 bits per heavy atom. The molecule has 1 saturated heterocycles. The number of pyridine rings is 1. The standard InChI is InChI=1S/C23H28N6O2S/c1-13-10-25-20-19(24)21(32-23(20)26-13)22(30)27-16-4-5-17-15(9-16)3-6-18(28-17)29-8-7-14(11-29)12-31-2/h3,6,10,14,16H,4-5,7-9,11-12,24H2,1-2H3,(H,27,30)/t14-,16+/m1/s1. The number of carbonyl (C=O) groups is 1. The number of thiophene rings is 1. The van der Waals surface area contributed by atoms with Crippen molar-refractivity contribution in [3.8, 4) is 0 Å². The van der Waals surface area contributed by atoms with Crippen molar-refractivity contribution >= 4 is 39.1 Å². The number of anilines is 2. The molecule has 168 valence electrons. The second kappa shape index (κ2) is 8.63. The number of hydrogen-bond acceptors (Lipinski definition) is 8. The topological polar surface area (TPSA) is 106 Å². The molecule has 3 N–H and O–H groups in total. The molecule has 0 spiro atoms. The fourth-order valence-electron chi connectivity index (χ4n) is 4.70. The highest BCUT2D eigenvalue weighted by atomic mass is 32.1. The molecule has 4 heterocycles. The lowest BCUT2D eigenvalue weighted by atomic mass is 9.91. The Balaban J connectivity index is 1.26. The molecule has 2 atom stereocenters. The van der Waals surface area contributed by atoms with Crippen molar-refractivity contribution in [3.63, 3.8) is 0 Å². The Morgan fingerprint density at radius 1 is 1.34 bits per heavy atom. The molecule has 2 aliphatic rings. The minimum absolute atomic E-state index is 0.0628. The average Bonchev–Trinajstić information content (AvgIpc) is 3.38. The number of nitrogen functional groups attached to an aromatic ring is 1. The van der Waals surface area contributed by atoms with E-state index in [0.29, 0.717) is 26.8 Å². The minimum atomic E-state index is -0.149. The molecule has 0 radical (unpaired) electrons. The maximum Gasteiger partial charge on any atom is 0.263 e. The first-order valence-electron chi connectivity index (χ1n) is 11.1. The summed E-state index contributed by atoms with van der Waals surface area (Å²) in [6.07, 6.45) is 5.31. The first-order chi connectivity index (χ1) is 15.5. The van der Waals surface area contributed by atoms with E-state index in [0.717, 1.165) is 62.6 Å². The number of aromatic nitrogens is 3. The summed E-state index contributed by atoms with van der Waals surface area (Å²) < 4.78 is 5.31. The van der Waals surface area contributed by atoms with E-state index in [4.69, 9.17) is 15.5 Å². The minimum Gasteiger partial charge on any atom is -0.396 e. The van der Waals surface area contributed by atoms with Crippen LogP contribution in [0.4, 0.5) is 11.5 Å². The van der Waals surface area contributed by atoms with Crippen LogP contribution >= 0.6 is 11.3 Å². The van der Waals surface area contributed by atoms with Crippen molar-refractivity contribution in [1.29, 1.82) is 0 Å². The lowest BCUT2D eigenvalue weighted by molar-refractivity contribution is 0.0938. The first-order valence-corrected chi connectivity index (χ1v) is 11.9. The number of nitrogens with one attached hydrogen (secondary N) is 1. The van der Waals surface area contributed by atoms with Crippen LogP contribution in [0.25, 0.3) is 10.3 Å². The summed E-state index contributed by atoms with van der Waals surface area (Å²) in [5.74, 6) is 1.48. The van der Waals surface area contributed by atoms with Crippen molar-refractivity contribution in [1.82, 2.24) is 20.3 Å². The van der Waals surface area contributed by atoms with E-state index in [9.17, 15) is 4.79 Å². The molecule has 3 aromatic rings. The monoisotopic (exact) mass is 452 g/mol. The van der Waals surface area contributed by atoms with E-state index in [1.165, 1.54) is 16.9 Å². The van der Waals surface area contributed by atoms with Gasteiger partial charge in [-0.2, -0.15) is 0 Å². The van der Waals surface area contributed by atoms with Gasteiger partial charge in [-0.25, -0.2) is 15.0 Å². The van der Waals surface area contributed by atoms with Crippen LogP contribution in [-0.2, 0) is 17.6 Å². The maximum absolute atomic E-state index is 12.9. The molecule has 5 rings (SSSR count). The third-order valence-corrected chi connectivity index (χ3v) is 7.45. The highest BCUT2D eigenvalue weighted by molar-refractivity contribution is 7.21. The van der Waals surface area contributed by atoms with Crippen molar-refractivity contribution in [2.75, 3.05) is 37.4 Å². The number of aryl methyl sites for hydroxylation is 2. The Kier molecular flexibility index (Phi) is 5.69. The van der Waals surface area contributed by atoms with Crippen molar-refractivity contribution in [2.24, 2.45) is 5.92 Å². The number of nitrogens with zero attached hydrogens (tertiary/aromatic N) is 4. The van der Waals surface area contributed by atoms with E-state index in [1.807, 2.05) is 6.92 Å². The SMILES string of the molecule is COC[C@@H]1CCN(c2ccc3c(n2)CC[C@H](NC(=O)c2sc4nc(C)cnc4c2N)C3)C1. The maximum atomic E-state index is 12.9. The molecule has 32 heavy (non-hydrogen) atoms. The third-order valence-electron chi connectivity index (χ3n) is 6.36. The predicted molar refractivity (Wildman–Crippen MR) is 126 cm³/mol. The predicted octanol–water partition coefficient (Wildman–Crippen LogP) is 2.74. The molecule has 0 bridgehead atoms. The van der Waals surface area contributed by atoms with Crippen molar-refractivity contribution < 1.29 is 9.53 Å². The molecule has 1 aliphatic carbocycles. The Bertz CT molecular complexity index is 1160. The number of nitrogens with two attached hydrogens (primary N) is 1. The second-order valence-corrected chi connectivity index (χ2v) is 9.75. The zero-order valence-corrected chi connectivity index (χ0v) is 19.2. The summed E-state index contributed by atoms with van der Waals surface area (Å²) in [5, 5.41) is 3.17. The number of rotatable bonds is 5. The lowest BCUT2D eigenvalue weighted by Gasteiger charge is -2.26. The normalized spacial score (nSPS) is 20.5. The molecular formula is C23H28N6O2S. The number of fused-ring (bicyclic) bond motifs is 2. The van der Waals surface area contributed by atoms with Crippen LogP contribution in [-0.4, -0.2) is 53.7 Å². The van der Waals surface area contributed by atoms with Crippen LogP contribution in [0.1, 0.15) is 39.5 Å². The highest BCUT2D eigenvalue weighted by Crippen LogP contribution is 2.32. The van der Waals surface area contributed by atoms with E-state index < -0.39 is 0 Å². The molecule has 1 aliphatic heterocycles. The van der Waals surface area contributed by atoms with Gasteiger partial charge in [-0.15, -0.1) is 11.3 Å². The van der Waals surface area contributed by atoms with Gasteiger partial charge >= 0.3 is 0 Å². The molecule has 8 nitrogen and oxygen atoms in total. The van der Waals surface area contributed by atoms with E-state index >= 15 is 0 Å². The number of carbonyl (C=O) groups excluding carboxylic acids is 1. The van der Waals surface area contributed by atoms with Gasteiger partial charge in [0.05, 0.1) is 18.0 Å².